The number of hydrogen-bond donors (Lipinski definition) is 2. The number of nitrogens with one attached hydrogen (secondary N) is 2. The van der Waals surface area contributed by atoms with E-state index in [1.807, 2.05) is 0 Å². The van der Waals surface area contributed by atoms with Gasteiger partial charge < -0.3 is 18.9 Å². The van der Waals surface area contributed by atoms with Crippen LogP contribution in [-0.4, -0.2) is 76.6 Å². The van der Waals surface area contributed by atoms with E-state index in [0.29, 0.717) is 19.4 Å². The molecule has 6 atom stereocenters. The number of ether oxygens (including phenoxy) is 4. The smallest absolute Gasteiger partial charge is 0.346 e. The number of nitrogens with zero attached hydrogens (tertiary/aromatic N) is 3. The van der Waals surface area contributed by atoms with E-state index in [9.17, 15) is 19.2 Å². The molecule has 0 radical (unpaired) electrons. The number of aromatic nitrogens is 2. The van der Waals surface area contributed by atoms with E-state index in [1.54, 1.807) is 0 Å². The van der Waals surface area contributed by atoms with E-state index in [0.717, 1.165) is 10.5 Å². The van der Waals surface area contributed by atoms with Crippen LogP contribution in [0.4, 0.5) is 0 Å². The Kier molecular flexibility index (Phi) is 7.50. The SMILES string of the molecule is COCn1c([C@H](OC(C)=O)[C@H]2C[C@H]3C[C@H](OC(C)=O)[C@H](C)[C@H]4CNC(=[N+]34)N2)cc(=O)n(COC)c1=O. The first-order chi connectivity index (χ1) is 17.2. The average Bonchev–Trinajstić information content (AvgIpc) is 3.25. The molecule has 0 bridgehead atoms. The molecule has 2 N–H and O–H groups in total. The Hall–Kier alpha value is -3.19. The molecule has 13 nitrogen and oxygen atoms in total. The fourth-order valence-electron chi connectivity index (χ4n) is 5.63. The van der Waals surface area contributed by atoms with Crippen LogP contribution < -0.4 is 21.9 Å². The van der Waals surface area contributed by atoms with Crippen molar-refractivity contribution in [3.8, 4) is 0 Å². The van der Waals surface area contributed by atoms with Crippen LogP contribution in [0.3, 0.4) is 0 Å². The van der Waals surface area contributed by atoms with Crippen LogP contribution in [0, 0.1) is 5.92 Å². The third kappa shape index (κ3) is 4.76. The van der Waals surface area contributed by atoms with Crippen LogP contribution in [0.25, 0.3) is 0 Å². The lowest BCUT2D eigenvalue weighted by Gasteiger charge is -2.42. The third-order valence-electron chi connectivity index (χ3n) is 7.13. The lowest BCUT2D eigenvalue weighted by atomic mass is 9.82. The standard InChI is InChI=1S/C23H33N5O8/c1-12-18-9-24-22-25-16(6-15(28(18)22)7-19(12)35-13(2)29)21(36-14(3)30)17-8-20(31)27(11-34-5)23(32)26(17)10-33-4/h8,12,15-16,18-19,21H,6-7,9-11H2,1-5H3,(H,24,25)/p+1/t12-,15+,16-,18-,19+,21-/m1/s1. The molecule has 1 fully saturated rings. The van der Waals surface area contributed by atoms with Gasteiger partial charge >= 0.3 is 23.6 Å². The second kappa shape index (κ2) is 10.4. The highest BCUT2D eigenvalue weighted by Crippen LogP contribution is 2.35. The lowest BCUT2D eigenvalue weighted by molar-refractivity contribution is -0.621. The van der Waals surface area contributed by atoms with Crippen molar-refractivity contribution in [1.29, 1.82) is 0 Å². The molecule has 13 heteroatoms. The van der Waals surface area contributed by atoms with Gasteiger partial charge in [-0.25, -0.2) is 9.36 Å². The maximum Gasteiger partial charge on any atom is 0.346 e. The van der Waals surface area contributed by atoms with E-state index in [2.05, 4.69) is 22.1 Å². The molecule has 1 saturated heterocycles. The molecule has 36 heavy (non-hydrogen) atoms. The van der Waals surface area contributed by atoms with Gasteiger partial charge in [0.15, 0.2) is 6.10 Å². The zero-order valence-electron chi connectivity index (χ0n) is 21.2. The maximum absolute atomic E-state index is 13.1. The van der Waals surface area contributed by atoms with Gasteiger partial charge in [-0.2, -0.15) is 0 Å². The molecule has 1 aromatic heterocycles. The molecule has 3 aliphatic rings. The number of guanidine groups is 1. The number of rotatable bonds is 8. The highest BCUT2D eigenvalue weighted by atomic mass is 16.5. The molecule has 0 aliphatic carbocycles. The van der Waals surface area contributed by atoms with Gasteiger partial charge in [0.2, 0.25) is 0 Å². The van der Waals surface area contributed by atoms with Gasteiger partial charge in [0.25, 0.3) is 5.56 Å². The van der Waals surface area contributed by atoms with Crippen LogP contribution in [0.1, 0.15) is 45.4 Å². The Morgan fingerprint density at radius 2 is 1.81 bits per heavy atom. The van der Waals surface area contributed by atoms with Crippen LogP contribution in [0.5, 0.6) is 0 Å². The number of esters is 2. The van der Waals surface area contributed by atoms with E-state index in [1.165, 1.54) is 38.7 Å². The van der Waals surface area contributed by atoms with Crippen LogP contribution in [-0.2, 0) is 42.0 Å². The van der Waals surface area contributed by atoms with Gasteiger partial charge in [-0.1, -0.05) is 6.92 Å². The number of carbonyl (C=O) groups is 2. The van der Waals surface area contributed by atoms with Crippen LogP contribution >= 0.6 is 0 Å². The zero-order chi connectivity index (χ0) is 26.1. The van der Waals surface area contributed by atoms with Crippen molar-refractivity contribution < 1.29 is 33.1 Å². The van der Waals surface area contributed by atoms with Crippen molar-refractivity contribution in [3.05, 3.63) is 32.6 Å². The molecule has 3 aliphatic heterocycles. The Bertz CT molecular complexity index is 1170. The molecule has 0 spiro atoms. The molecule has 0 saturated carbocycles. The van der Waals surface area contributed by atoms with E-state index < -0.39 is 29.4 Å². The zero-order valence-corrected chi connectivity index (χ0v) is 21.2. The highest BCUT2D eigenvalue weighted by molar-refractivity contribution is 5.77. The molecule has 0 unspecified atom stereocenters. The van der Waals surface area contributed by atoms with E-state index in [-0.39, 0.29) is 49.2 Å². The molecular formula is C23H34N5O8+. The summed E-state index contributed by atoms with van der Waals surface area (Å²) in [4.78, 5) is 49.8. The predicted octanol–water partition coefficient (Wildman–Crippen LogP) is -1.14. The summed E-state index contributed by atoms with van der Waals surface area (Å²) in [7, 11) is 2.81. The summed E-state index contributed by atoms with van der Waals surface area (Å²) in [5.74, 6) is 0.0379. The quantitative estimate of drug-likeness (QED) is 0.327. The molecule has 1 aromatic rings. The summed E-state index contributed by atoms with van der Waals surface area (Å²) in [6.45, 7) is 5.06. The highest BCUT2D eigenvalue weighted by Gasteiger charge is 2.52. The molecule has 198 valence electrons. The number of hydrogen-bond acceptors (Lipinski definition) is 10. The van der Waals surface area contributed by atoms with Crippen molar-refractivity contribution in [2.45, 2.75) is 77.4 Å². The first kappa shape index (κ1) is 25.9. The van der Waals surface area contributed by atoms with Crippen molar-refractivity contribution in [2.24, 2.45) is 5.92 Å². The van der Waals surface area contributed by atoms with Gasteiger partial charge in [-0.3, -0.25) is 34.2 Å². The van der Waals surface area contributed by atoms with Gasteiger partial charge in [0, 0.05) is 52.9 Å². The Labute approximate surface area is 208 Å². The minimum absolute atomic E-state index is 0.0127. The number of carbonyl (C=O) groups excluding carboxylic acids is 2. The van der Waals surface area contributed by atoms with Crippen molar-refractivity contribution in [2.75, 3.05) is 20.8 Å². The minimum atomic E-state index is -0.961. The molecule has 0 amide bonds. The third-order valence-corrected chi connectivity index (χ3v) is 7.13. The average molecular weight is 509 g/mol. The predicted molar refractivity (Wildman–Crippen MR) is 125 cm³/mol. The Morgan fingerprint density at radius 1 is 1.11 bits per heavy atom. The molecule has 0 aromatic carbocycles. The number of methoxy groups -OCH3 is 2. The van der Waals surface area contributed by atoms with Crippen molar-refractivity contribution in [1.82, 2.24) is 19.8 Å². The summed E-state index contributed by atoms with van der Waals surface area (Å²) in [5.41, 5.74) is -0.993. The monoisotopic (exact) mass is 508 g/mol. The van der Waals surface area contributed by atoms with Gasteiger partial charge in [0.05, 0.1) is 18.3 Å². The van der Waals surface area contributed by atoms with Gasteiger partial charge in [-0.05, 0) is 0 Å². The van der Waals surface area contributed by atoms with Crippen LogP contribution in [0.2, 0.25) is 0 Å². The fraction of sp³-hybridized carbons (Fsp3) is 0.696. The lowest BCUT2D eigenvalue weighted by Crippen LogP contribution is -2.60. The second-order valence-corrected chi connectivity index (χ2v) is 9.50. The Balaban J connectivity index is 1.75. The first-order valence-corrected chi connectivity index (χ1v) is 12.0. The van der Waals surface area contributed by atoms with E-state index >= 15 is 0 Å². The topological polar surface area (TPSA) is 142 Å². The molecular weight excluding hydrogens is 474 g/mol. The van der Waals surface area contributed by atoms with Crippen molar-refractivity contribution in [3.63, 3.8) is 0 Å². The molecule has 4 rings (SSSR count). The fourth-order valence-corrected chi connectivity index (χ4v) is 5.63. The maximum atomic E-state index is 13.1. The largest absolute Gasteiger partial charge is 0.462 e. The summed E-state index contributed by atoms with van der Waals surface area (Å²) in [6, 6.07) is 0.930. The number of piperidine rings is 1. The van der Waals surface area contributed by atoms with E-state index in [4.69, 9.17) is 18.9 Å². The minimum Gasteiger partial charge on any atom is -0.462 e. The summed E-state index contributed by atoms with van der Waals surface area (Å²) < 4.78 is 26.1. The van der Waals surface area contributed by atoms with Crippen molar-refractivity contribution >= 4 is 17.9 Å². The van der Waals surface area contributed by atoms with Gasteiger partial charge in [-0.15, -0.1) is 0 Å². The van der Waals surface area contributed by atoms with Gasteiger partial charge in [0.1, 0.15) is 31.6 Å². The van der Waals surface area contributed by atoms with Crippen LogP contribution in [0.15, 0.2) is 15.7 Å². The summed E-state index contributed by atoms with van der Waals surface area (Å²) in [6.07, 6.45) is -0.0806. The molecule has 4 heterocycles. The summed E-state index contributed by atoms with van der Waals surface area (Å²) >= 11 is 0. The Morgan fingerprint density at radius 3 is 2.44 bits per heavy atom. The second-order valence-electron chi connectivity index (χ2n) is 9.50. The first-order valence-electron chi connectivity index (χ1n) is 12.0. The summed E-state index contributed by atoms with van der Waals surface area (Å²) in [5, 5.41) is 6.82. The normalized spacial score (nSPS) is 27.5.